The number of likely N-dealkylation sites (tertiary alicyclic amines) is 1. The highest BCUT2D eigenvalue weighted by Gasteiger charge is 2.39. The number of nitrogens with zero attached hydrogens (tertiary/aromatic N) is 1. The summed E-state index contributed by atoms with van der Waals surface area (Å²) in [7, 11) is 0. The third-order valence-electron chi connectivity index (χ3n) is 3.73. The minimum Gasteiger partial charge on any atom is -0.389 e. The Morgan fingerprint density at radius 3 is 2.38 bits per heavy atom. The minimum absolute atomic E-state index is 0.304. The molecule has 76 valence electrons. The summed E-state index contributed by atoms with van der Waals surface area (Å²) >= 11 is 0. The maximum Gasteiger partial charge on any atom is 0.0774 e. The van der Waals surface area contributed by atoms with E-state index in [0.717, 1.165) is 31.2 Å². The predicted molar refractivity (Wildman–Crippen MR) is 53.6 cm³/mol. The first kappa shape index (κ1) is 9.47. The molecule has 1 saturated heterocycles. The summed E-state index contributed by atoms with van der Waals surface area (Å²) in [6, 6.07) is 0. The van der Waals surface area contributed by atoms with Crippen LogP contribution in [0.2, 0.25) is 0 Å². The molecule has 1 aliphatic heterocycles. The fraction of sp³-hybridized carbons (Fsp3) is 1.00. The summed E-state index contributed by atoms with van der Waals surface area (Å²) in [5, 5.41) is 9.93. The molecule has 2 heteroatoms. The molecule has 1 N–H and O–H groups in total. The second kappa shape index (κ2) is 3.25. The monoisotopic (exact) mass is 183 g/mol. The highest BCUT2D eigenvalue weighted by atomic mass is 16.3. The standard InChI is InChI=1S/C11H21NO/c1-9(2)10-6-12(7-10)8-11(13)4-3-5-11/h9-10,13H,3-8H2,1-2H3. The van der Waals surface area contributed by atoms with Crippen LogP contribution >= 0.6 is 0 Å². The highest BCUT2D eigenvalue weighted by Crippen LogP contribution is 2.34. The average molecular weight is 183 g/mol. The van der Waals surface area contributed by atoms with E-state index in [2.05, 4.69) is 18.7 Å². The molecule has 0 amide bonds. The summed E-state index contributed by atoms with van der Waals surface area (Å²) in [4.78, 5) is 2.41. The van der Waals surface area contributed by atoms with Gasteiger partial charge in [-0.3, -0.25) is 4.90 Å². The lowest BCUT2D eigenvalue weighted by Gasteiger charge is -2.48. The van der Waals surface area contributed by atoms with E-state index in [1.165, 1.54) is 19.5 Å². The number of hydrogen-bond acceptors (Lipinski definition) is 2. The van der Waals surface area contributed by atoms with Crippen LogP contribution in [-0.4, -0.2) is 35.2 Å². The molecule has 1 heterocycles. The maximum atomic E-state index is 9.93. The van der Waals surface area contributed by atoms with Crippen LogP contribution < -0.4 is 0 Å². The Hall–Kier alpha value is -0.0800. The fourth-order valence-corrected chi connectivity index (χ4v) is 2.32. The van der Waals surface area contributed by atoms with E-state index in [0.29, 0.717) is 0 Å². The number of aliphatic hydroxyl groups is 1. The van der Waals surface area contributed by atoms with Crippen molar-refractivity contribution in [2.45, 2.75) is 38.7 Å². The van der Waals surface area contributed by atoms with Crippen molar-refractivity contribution in [2.75, 3.05) is 19.6 Å². The Labute approximate surface area is 80.9 Å². The van der Waals surface area contributed by atoms with Gasteiger partial charge in [0, 0.05) is 19.6 Å². The molecule has 13 heavy (non-hydrogen) atoms. The quantitative estimate of drug-likeness (QED) is 0.716. The highest BCUT2D eigenvalue weighted by molar-refractivity contribution is 4.94. The molecule has 0 aromatic rings. The van der Waals surface area contributed by atoms with Crippen molar-refractivity contribution in [1.82, 2.24) is 4.90 Å². The van der Waals surface area contributed by atoms with Crippen LogP contribution in [0.25, 0.3) is 0 Å². The second-order valence-electron chi connectivity index (χ2n) is 5.28. The summed E-state index contributed by atoms with van der Waals surface area (Å²) in [5.74, 6) is 1.69. The van der Waals surface area contributed by atoms with E-state index in [-0.39, 0.29) is 5.60 Å². The zero-order valence-electron chi connectivity index (χ0n) is 8.79. The second-order valence-corrected chi connectivity index (χ2v) is 5.28. The zero-order chi connectivity index (χ0) is 9.47. The molecule has 2 nitrogen and oxygen atoms in total. The third kappa shape index (κ3) is 1.89. The van der Waals surface area contributed by atoms with Crippen molar-refractivity contribution in [2.24, 2.45) is 11.8 Å². The Balaban J connectivity index is 1.69. The van der Waals surface area contributed by atoms with Gasteiger partial charge in [-0.25, -0.2) is 0 Å². The van der Waals surface area contributed by atoms with Gasteiger partial charge in [0.2, 0.25) is 0 Å². The molecular weight excluding hydrogens is 162 g/mol. The van der Waals surface area contributed by atoms with Crippen LogP contribution in [0.5, 0.6) is 0 Å². The van der Waals surface area contributed by atoms with Crippen LogP contribution in [0, 0.1) is 11.8 Å². The van der Waals surface area contributed by atoms with Crippen molar-refractivity contribution in [3.8, 4) is 0 Å². The Bertz CT molecular complexity index is 181. The molecule has 0 atom stereocenters. The summed E-state index contributed by atoms with van der Waals surface area (Å²) in [6.45, 7) is 7.93. The molecule has 1 aliphatic carbocycles. The predicted octanol–water partition coefficient (Wildman–Crippen LogP) is 1.49. The fourth-order valence-electron chi connectivity index (χ4n) is 2.32. The van der Waals surface area contributed by atoms with Crippen LogP contribution in [0.15, 0.2) is 0 Å². The molecule has 2 fully saturated rings. The SMILES string of the molecule is CC(C)C1CN(CC2(O)CCC2)C1. The van der Waals surface area contributed by atoms with Crippen molar-refractivity contribution in [1.29, 1.82) is 0 Å². The van der Waals surface area contributed by atoms with Gasteiger partial charge >= 0.3 is 0 Å². The largest absolute Gasteiger partial charge is 0.389 e. The van der Waals surface area contributed by atoms with Gasteiger partial charge in [-0.15, -0.1) is 0 Å². The zero-order valence-corrected chi connectivity index (χ0v) is 8.79. The van der Waals surface area contributed by atoms with Gasteiger partial charge in [0.15, 0.2) is 0 Å². The first-order valence-electron chi connectivity index (χ1n) is 5.54. The van der Waals surface area contributed by atoms with Crippen LogP contribution in [0.1, 0.15) is 33.1 Å². The molecule has 0 spiro atoms. The number of hydrogen-bond donors (Lipinski definition) is 1. The molecule has 0 radical (unpaired) electrons. The number of rotatable bonds is 3. The third-order valence-corrected chi connectivity index (χ3v) is 3.73. The van der Waals surface area contributed by atoms with E-state index in [1.807, 2.05) is 0 Å². The molecule has 2 rings (SSSR count). The van der Waals surface area contributed by atoms with E-state index in [4.69, 9.17) is 0 Å². The molecular formula is C11H21NO. The van der Waals surface area contributed by atoms with Crippen molar-refractivity contribution < 1.29 is 5.11 Å². The van der Waals surface area contributed by atoms with Gasteiger partial charge in [0.25, 0.3) is 0 Å². The molecule has 0 bridgehead atoms. The lowest BCUT2D eigenvalue weighted by atomic mass is 9.78. The lowest BCUT2D eigenvalue weighted by Crippen LogP contribution is -2.57. The number of β-amino-alcohol motifs (C(OH)–C–C–N with tert-alkyl or cyclic N) is 1. The van der Waals surface area contributed by atoms with Gasteiger partial charge in [-0.05, 0) is 31.1 Å². The van der Waals surface area contributed by atoms with E-state index in [9.17, 15) is 5.11 Å². The summed E-state index contributed by atoms with van der Waals surface area (Å²) in [5.41, 5.74) is -0.304. The lowest BCUT2D eigenvalue weighted by molar-refractivity contribution is -0.0846. The first-order valence-corrected chi connectivity index (χ1v) is 5.54. The molecule has 1 saturated carbocycles. The first-order chi connectivity index (χ1) is 6.09. The Morgan fingerprint density at radius 1 is 1.38 bits per heavy atom. The average Bonchev–Trinajstić information content (AvgIpc) is 1.91. The molecule has 2 aliphatic rings. The van der Waals surface area contributed by atoms with Crippen LogP contribution in [0.3, 0.4) is 0 Å². The van der Waals surface area contributed by atoms with Gasteiger partial charge in [-0.2, -0.15) is 0 Å². The van der Waals surface area contributed by atoms with E-state index < -0.39 is 0 Å². The molecule has 0 aromatic heterocycles. The minimum atomic E-state index is -0.304. The Kier molecular flexibility index (Phi) is 2.37. The van der Waals surface area contributed by atoms with Gasteiger partial charge in [0.1, 0.15) is 0 Å². The van der Waals surface area contributed by atoms with E-state index >= 15 is 0 Å². The van der Waals surface area contributed by atoms with Crippen LogP contribution in [-0.2, 0) is 0 Å². The maximum absolute atomic E-state index is 9.93. The van der Waals surface area contributed by atoms with Gasteiger partial charge in [0.05, 0.1) is 5.60 Å². The van der Waals surface area contributed by atoms with Gasteiger partial charge < -0.3 is 5.11 Å². The topological polar surface area (TPSA) is 23.5 Å². The van der Waals surface area contributed by atoms with Crippen molar-refractivity contribution in [3.05, 3.63) is 0 Å². The van der Waals surface area contributed by atoms with E-state index in [1.54, 1.807) is 0 Å². The normalized spacial score (nSPS) is 28.6. The molecule has 0 unspecified atom stereocenters. The van der Waals surface area contributed by atoms with Crippen molar-refractivity contribution in [3.63, 3.8) is 0 Å². The van der Waals surface area contributed by atoms with Crippen LogP contribution in [0.4, 0.5) is 0 Å². The Morgan fingerprint density at radius 2 is 2.00 bits per heavy atom. The summed E-state index contributed by atoms with van der Waals surface area (Å²) < 4.78 is 0. The molecule has 0 aromatic carbocycles. The smallest absolute Gasteiger partial charge is 0.0774 e. The van der Waals surface area contributed by atoms with Gasteiger partial charge in [-0.1, -0.05) is 13.8 Å². The van der Waals surface area contributed by atoms with Crippen molar-refractivity contribution >= 4 is 0 Å². The summed E-state index contributed by atoms with van der Waals surface area (Å²) in [6.07, 6.45) is 3.27.